The molecule has 1 amide bonds. The van der Waals surface area contributed by atoms with Gasteiger partial charge in [0.2, 0.25) is 5.95 Å². The third-order valence-electron chi connectivity index (χ3n) is 3.81. The van der Waals surface area contributed by atoms with Crippen LogP contribution < -0.4 is 10.6 Å². The molecule has 0 aliphatic rings. The van der Waals surface area contributed by atoms with Crippen molar-refractivity contribution in [2.75, 3.05) is 10.6 Å². The predicted molar refractivity (Wildman–Crippen MR) is 106 cm³/mol. The standard InChI is InChI=1S/C19H16Cl2N4O/c1-11-4-3-5-12(2)17(11)25-19-22-9-13(10-23-19)18(26)24-16-8-14(20)6-7-15(16)21/h3-10H,1-2H3,(H,24,26)(H,22,23,25). The molecule has 0 unspecified atom stereocenters. The van der Waals surface area contributed by atoms with Crippen LogP contribution in [0, 0.1) is 13.8 Å². The minimum absolute atomic E-state index is 0.313. The van der Waals surface area contributed by atoms with E-state index in [-0.39, 0.29) is 5.91 Å². The molecule has 26 heavy (non-hydrogen) atoms. The Balaban J connectivity index is 1.75. The lowest BCUT2D eigenvalue weighted by Crippen LogP contribution is -2.13. The maximum Gasteiger partial charge on any atom is 0.258 e. The second-order valence-corrected chi connectivity index (χ2v) is 6.61. The Bertz CT molecular complexity index is 938. The fraction of sp³-hybridized carbons (Fsp3) is 0.105. The molecule has 0 spiro atoms. The summed E-state index contributed by atoms with van der Waals surface area (Å²) >= 11 is 12.0. The second-order valence-electron chi connectivity index (χ2n) is 5.77. The van der Waals surface area contributed by atoms with Gasteiger partial charge in [-0.05, 0) is 43.2 Å². The number of anilines is 3. The highest BCUT2D eigenvalue weighted by Crippen LogP contribution is 2.26. The van der Waals surface area contributed by atoms with Gasteiger partial charge < -0.3 is 10.6 Å². The minimum atomic E-state index is -0.368. The Morgan fingerprint density at radius 3 is 2.31 bits per heavy atom. The molecule has 132 valence electrons. The van der Waals surface area contributed by atoms with E-state index in [1.165, 1.54) is 12.4 Å². The molecule has 3 rings (SSSR count). The van der Waals surface area contributed by atoms with E-state index in [4.69, 9.17) is 23.2 Å². The van der Waals surface area contributed by atoms with Crippen LogP contribution in [-0.4, -0.2) is 15.9 Å². The first-order chi connectivity index (χ1) is 12.4. The number of aromatic nitrogens is 2. The molecule has 0 aliphatic carbocycles. The maximum absolute atomic E-state index is 12.3. The molecule has 5 nitrogen and oxygen atoms in total. The smallest absolute Gasteiger partial charge is 0.258 e. The third kappa shape index (κ3) is 4.12. The van der Waals surface area contributed by atoms with Gasteiger partial charge in [0.05, 0.1) is 16.3 Å². The lowest BCUT2D eigenvalue weighted by atomic mass is 10.1. The van der Waals surface area contributed by atoms with E-state index in [0.29, 0.717) is 27.2 Å². The molecule has 0 atom stereocenters. The molecular weight excluding hydrogens is 371 g/mol. The number of nitrogens with zero attached hydrogens (tertiary/aromatic N) is 2. The number of benzene rings is 2. The van der Waals surface area contributed by atoms with E-state index in [2.05, 4.69) is 20.6 Å². The van der Waals surface area contributed by atoms with Crippen molar-refractivity contribution in [3.63, 3.8) is 0 Å². The summed E-state index contributed by atoms with van der Waals surface area (Å²) in [6.45, 7) is 4.01. The van der Waals surface area contributed by atoms with E-state index < -0.39 is 0 Å². The SMILES string of the molecule is Cc1cccc(C)c1Nc1ncc(C(=O)Nc2cc(Cl)ccc2Cl)cn1. The van der Waals surface area contributed by atoms with E-state index in [1.54, 1.807) is 18.2 Å². The molecule has 2 aromatic carbocycles. The molecular formula is C19H16Cl2N4O. The molecule has 0 saturated carbocycles. The summed E-state index contributed by atoms with van der Waals surface area (Å²) in [6, 6.07) is 10.9. The second kappa shape index (κ2) is 7.72. The molecule has 1 heterocycles. The Kier molecular flexibility index (Phi) is 5.40. The number of hydrogen-bond acceptors (Lipinski definition) is 4. The Morgan fingerprint density at radius 2 is 1.65 bits per heavy atom. The number of aryl methyl sites for hydroxylation is 2. The van der Waals surface area contributed by atoms with Crippen molar-refractivity contribution in [2.24, 2.45) is 0 Å². The molecule has 2 N–H and O–H groups in total. The number of carbonyl (C=O) groups is 1. The molecule has 3 aromatic rings. The van der Waals surface area contributed by atoms with E-state index >= 15 is 0 Å². The van der Waals surface area contributed by atoms with Gasteiger partial charge in [0.15, 0.2) is 0 Å². The van der Waals surface area contributed by atoms with Crippen molar-refractivity contribution in [3.8, 4) is 0 Å². The minimum Gasteiger partial charge on any atom is -0.324 e. The van der Waals surface area contributed by atoms with Crippen LogP contribution >= 0.6 is 23.2 Å². The topological polar surface area (TPSA) is 66.9 Å². The number of nitrogens with one attached hydrogen (secondary N) is 2. The van der Waals surface area contributed by atoms with Gasteiger partial charge in [0.1, 0.15) is 0 Å². The average Bonchev–Trinajstić information content (AvgIpc) is 2.62. The fourth-order valence-corrected chi connectivity index (χ4v) is 2.76. The summed E-state index contributed by atoms with van der Waals surface area (Å²) in [5.74, 6) is 0.0486. The van der Waals surface area contributed by atoms with Gasteiger partial charge >= 0.3 is 0 Å². The van der Waals surface area contributed by atoms with Crippen LogP contribution in [-0.2, 0) is 0 Å². The number of para-hydroxylation sites is 1. The lowest BCUT2D eigenvalue weighted by molar-refractivity contribution is 0.102. The molecule has 0 radical (unpaired) electrons. The van der Waals surface area contributed by atoms with Crippen molar-refractivity contribution in [1.29, 1.82) is 0 Å². The summed E-state index contributed by atoms with van der Waals surface area (Å²) in [5, 5.41) is 6.76. The van der Waals surface area contributed by atoms with E-state index in [1.807, 2.05) is 32.0 Å². The van der Waals surface area contributed by atoms with Crippen molar-refractivity contribution in [2.45, 2.75) is 13.8 Å². The molecule has 0 bridgehead atoms. The summed E-state index contributed by atoms with van der Waals surface area (Å²) in [4.78, 5) is 20.8. The van der Waals surface area contributed by atoms with Crippen molar-refractivity contribution in [3.05, 3.63) is 75.5 Å². The Labute approximate surface area is 161 Å². The molecule has 0 saturated heterocycles. The highest BCUT2D eigenvalue weighted by molar-refractivity contribution is 6.35. The molecule has 0 aliphatic heterocycles. The number of carbonyl (C=O) groups excluding carboxylic acids is 1. The van der Waals surface area contributed by atoms with Gasteiger partial charge in [0.25, 0.3) is 5.91 Å². The first-order valence-corrected chi connectivity index (χ1v) is 8.61. The average molecular weight is 387 g/mol. The highest BCUT2D eigenvalue weighted by atomic mass is 35.5. The van der Waals surface area contributed by atoms with E-state index in [9.17, 15) is 4.79 Å². The zero-order valence-electron chi connectivity index (χ0n) is 14.2. The largest absolute Gasteiger partial charge is 0.324 e. The van der Waals surface area contributed by atoms with Crippen molar-refractivity contribution in [1.82, 2.24) is 9.97 Å². The number of halogens is 2. The highest BCUT2D eigenvalue weighted by Gasteiger charge is 2.11. The first-order valence-electron chi connectivity index (χ1n) is 7.86. The van der Waals surface area contributed by atoms with Crippen LogP contribution in [0.25, 0.3) is 0 Å². The molecule has 0 fully saturated rings. The third-order valence-corrected chi connectivity index (χ3v) is 4.37. The lowest BCUT2D eigenvalue weighted by Gasteiger charge is -2.11. The zero-order valence-corrected chi connectivity index (χ0v) is 15.7. The van der Waals surface area contributed by atoms with Gasteiger partial charge in [-0.25, -0.2) is 9.97 Å². The molecule has 7 heteroatoms. The van der Waals surface area contributed by atoms with Crippen LogP contribution in [0.3, 0.4) is 0 Å². The summed E-state index contributed by atoms with van der Waals surface area (Å²) in [7, 11) is 0. The van der Waals surface area contributed by atoms with Gasteiger partial charge in [-0.2, -0.15) is 0 Å². The summed E-state index contributed by atoms with van der Waals surface area (Å²) in [6.07, 6.45) is 2.91. The quantitative estimate of drug-likeness (QED) is 0.629. The van der Waals surface area contributed by atoms with Crippen molar-refractivity contribution >= 4 is 46.4 Å². The van der Waals surface area contributed by atoms with Crippen LogP contribution in [0.1, 0.15) is 21.5 Å². The molecule has 1 aromatic heterocycles. The van der Waals surface area contributed by atoms with Crippen LogP contribution in [0.15, 0.2) is 48.8 Å². The van der Waals surface area contributed by atoms with Gasteiger partial charge in [-0.15, -0.1) is 0 Å². The van der Waals surface area contributed by atoms with Gasteiger partial charge in [-0.1, -0.05) is 41.4 Å². The van der Waals surface area contributed by atoms with E-state index in [0.717, 1.165) is 16.8 Å². The Morgan fingerprint density at radius 1 is 1.00 bits per heavy atom. The van der Waals surface area contributed by atoms with Gasteiger partial charge in [0, 0.05) is 23.1 Å². The van der Waals surface area contributed by atoms with Crippen LogP contribution in [0.4, 0.5) is 17.3 Å². The van der Waals surface area contributed by atoms with Crippen LogP contribution in [0.5, 0.6) is 0 Å². The monoisotopic (exact) mass is 386 g/mol. The number of hydrogen-bond donors (Lipinski definition) is 2. The Hall–Kier alpha value is -2.63. The maximum atomic E-state index is 12.3. The van der Waals surface area contributed by atoms with Crippen molar-refractivity contribution < 1.29 is 4.79 Å². The fourth-order valence-electron chi connectivity index (χ4n) is 2.42. The zero-order chi connectivity index (χ0) is 18.7. The summed E-state index contributed by atoms with van der Waals surface area (Å²) < 4.78 is 0. The number of rotatable bonds is 4. The van der Waals surface area contributed by atoms with Gasteiger partial charge in [-0.3, -0.25) is 4.79 Å². The van der Waals surface area contributed by atoms with Crippen LogP contribution in [0.2, 0.25) is 10.0 Å². The predicted octanol–water partition coefficient (Wildman–Crippen LogP) is 5.40. The first kappa shape index (κ1) is 18.2. The normalized spacial score (nSPS) is 10.5. The summed E-state index contributed by atoms with van der Waals surface area (Å²) in [5.41, 5.74) is 3.88. The number of amides is 1.